The minimum absolute atomic E-state index is 0.00889. The number of hydrogen-bond acceptors (Lipinski definition) is 4. The van der Waals surface area contributed by atoms with Gasteiger partial charge in [0.05, 0.1) is 12.2 Å². The summed E-state index contributed by atoms with van der Waals surface area (Å²) in [5, 5.41) is 36.8. The number of carboxylic acids is 1. The number of aliphatic carboxylic acids is 1. The number of aliphatic hydroxyl groups excluding tert-OH is 3. The number of carboxylic acid groups (broad SMARTS) is 1. The van der Waals surface area contributed by atoms with Crippen LogP contribution in [0.3, 0.4) is 0 Å². The highest BCUT2D eigenvalue weighted by Crippen LogP contribution is 2.08. The fourth-order valence-electron chi connectivity index (χ4n) is 1.92. The Morgan fingerprint density at radius 2 is 1.67 bits per heavy atom. The lowest BCUT2D eigenvalue weighted by Crippen LogP contribution is -2.24. The van der Waals surface area contributed by atoms with Crippen LogP contribution in [0.2, 0.25) is 0 Å². The Morgan fingerprint density at radius 3 is 2.25 bits per heavy atom. The third kappa shape index (κ3) is 11.6. The summed E-state index contributed by atoms with van der Waals surface area (Å²) in [7, 11) is 0. The Labute approximate surface area is 143 Å². The van der Waals surface area contributed by atoms with Gasteiger partial charge in [-0.2, -0.15) is 0 Å². The van der Waals surface area contributed by atoms with Gasteiger partial charge in [-0.05, 0) is 33.6 Å². The van der Waals surface area contributed by atoms with Crippen LogP contribution in [0.4, 0.5) is 0 Å². The van der Waals surface area contributed by atoms with Gasteiger partial charge in [-0.3, -0.25) is 0 Å². The molecule has 0 aromatic rings. The average molecular weight is 336 g/mol. The van der Waals surface area contributed by atoms with Gasteiger partial charge in [0.25, 0.3) is 0 Å². The molecule has 0 saturated carbocycles. The van der Waals surface area contributed by atoms with Crippen LogP contribution in [0.15, 0.2) is 59.3 Å². The minimum Gasteiger partial charge on any atom is -0.478 e. The van der Waals surface area contributed by atoms with Crippen molar-refractivity contribution in [3.63, 3.8) is 0 Å². The zero-order valence-corrected chi connectivity index (χ0v) is 14.5. The van der Waals surface area contributed by atoms with E-state index in [2.05, 4.69) is 0 Å². The first-order valence-electron chi connectivity index (χ1n) is 7.86. The molecule has 134 valence electrons. The smallest absolute Gasteiger partial charge is 0.328 e. The van der Waals surface area contributed by atoms with E-state index in [-0.39, 0.29) is 6.61 Å². The third-order valence-electron chi connectivity index (χ3n) is 3.15. The molecule has 0 amide bonds. The van der Waals surface area contributed by atoms with Crippen LogP contribution >= 0.6 is 0 Å². The minimum atomic E-state index is -0.982. The second-order valence-electron chi connectivity index (χ2n) is 5.66. The van der Waals surface area contributed by atoms with Gasteiger partial charge in [-0.15, -0.1) is 0 Å². The van der Waals surface area contributed by atoms with Gasteiger partial charge in [0, 0.05) is 12.7 Å². The lowest BCUT2D eigenvalue weighted by atomic mass is 10.1. The van der Waals surface area contributed by atoms with E-state index in [4.69, 9.17) is 10.2 Å². The molecule has 0 fully saturated rings. The van der Waals surface area contributed by atoms with Crippen LogP contribution < -0.4 is 0 Å². The fourth-order valence-corrected chi connectivity index (χ4v) is 1.92. The molecule has 0 aliphatic heterocycles. The Morgan fingerprint density at radius 1 is 1.00 bits per heavy atom. The molecule has 24 heavy (non-hydrogen) atoms. The molecule has 0 saturated heterocycles. The summed E-state index contributed by atoms with van der Waals surface area (Å²) in [6.07, 6.45) is 10.5. The van der Waals surface area contributed by atoms with Crippen LogP contribution in [0.1, 0.15) is 33.6 Å². The molecule has 0 radical (unpaired) electrons. The van der Waals surface area contributed by atoms with Crippen molar-refractivity contribution in [3.8, 4) is 0 Å². The highest BCUT2D eigenvalue weighted by atomic mass is 16.4. The van der Waals surface area contributed by atoms with E-state index in [1.54, 1.807) is 6.08 Å². The van der Waals surface area contributed by atoms with E-state index < -0.39 is 18.2 Å². The largest absolute Gasteiger partial charge is 0.478 e. The molecule has 0 aliphatic carbocycles. The number of allylic oxidation sites excluding steroid dienone is 8. The Balaban J connectivity index is 4.68. The second kappa shape index (κ2) is 12.5. The van der Waals surface area contributed by atoms with Gasteiger partial charge in [0.1, 0.15) is 0 Å². The van der Waals surface area contributed by atoms with Gasteiger partial charge >= 0.3 is 5.97 Å². The van der Waals surface area contributed by atoms with Crippen molar-refractivity contribution < 1.29 is 25.2 Å². The molecule has 5 nitrogen and oxygen atoms in total. The Hall–Kier alpha value is -1.95. The number of rotatable bonds is 10. The predicted molar refractivity (Wildman–Crippen MR) is 95.5 cm³/mol. The maximum Gasteiger partial charge on any atom is 0.328 e. The molecule has 4 N–H and O–H groups in total. The predicted octanol–water partition coefficient (Wildman–Crippen LogP) is 2.52. The summed E-state index contributed by atoms with van der Waals surface area (Å²) in [5.74, 6) is -0.982. The fraction of sp³-hybridized carbons (Fsp3) is 0.421. The molecule has 5 heteroatoms. The summed E-state index contributed by atoms with van der Waals surface area (Å²) in [6, 6.07) is 0. The van der Waals surface area contributed by atoms with Gasteiger partial charge in [-0.25, -0.2) is 4.79 Å². The van der Waals surface area contributed by atoms with Crippen LogP contribution in [-0.4, -0.2) is 45.2 Å². The van der Waals surface area contributed by atoms with Crippen LogP contribution in [0.5, 0.6) is 0 Å². The number of hydrogen-bond donors (Lipinski definition) is 4. The van der Waals surface area contributed by atoms with Gasteiger partial charge in [-0.1, -0.05) is 53.2 Å². The zero-order chi connectivity index (χ0) is 18.5. The quantitative estimate of drug-likeness (QED) is 0.363. The molecule has 2 atom stereocenters. The first kappa shape index (κ1) is 22.1. The van der Waals surface area contributed by atoms with E-state index in [0.717, 1.165) is 22.8 Å². The van der Waals surface area contributed by atoms with Crippen molar-refractivity contribution in [2.24, 2.45) is 0 Å². The molecule has 0 rings (SSSR count). The topological polar surface area (TPSA) is 98.0 Å². The third-order valence-corrected chi connectivity index (χ3v) is 3.15. The molecule has 0 spiro atoms. The summed E-state index contributed by atoms with van der Waals surface area (Å²) in [4.78, 5) is 10.4. The van der Waals surface area contributed by atoms with E-state index >= 15 is 0 Å². The molecule has 0 aliphatic rings. The van der Waals surface area contributed by atoms with E-state index in [9.17, 15) is 15.0 Å². The van der Waals surface area contributed by atoms with Crippen molar-refractivity contribution in [2.75, 3.05) is 6.61 Å². The van der Waals surface area contributed by atoms with Gasteiger partial charge < -0.3 is 20.4 Å². The summed E-state index contributed by atoms with van der Waals surface area (Å²) < 4.78 is 0. The molecular weight excluding hydrogens is 308 g/mol. The van der Waals surface area contributed by atoms with E-state index in [1.165, 1.54) is 6.08 Å². The highest BCUT2D eigenvalue weighted by molar-refractivity contribution is 5.80. The van der Waals surface area contributed by atoms with Crippen LogP contribution in [-0.2, 0) is 4.79 Å². The summed E-state index contributed by atoms with van der Waals surface area (Å²) >= 11 is 0. The van der Waals surface area contributed by atoms with Crippen molar-refractivity contribution in [1.82, 2.24) is 0 Å². The monoisotopic (exact) mass is 336 g/mol. The van der Waals surface area contributed by atoms with Gasteiger partial charge in [0.2, 0.25) is 0 Å². The highest BCUT2D eigenvalue weighted by Gasteiger charge is 2.12. The number of carbonyl (C=O) groups is 1. The van der Waals surface area contributed by atoms with E-state index in [0.29, 0.717) is 12.8 Å². The Bertz CT molecular complexity index is 538. The molecule has 0 aromatic heterocycles. The standard InChI is InChI=1S/C19H28O5/c1-14(12-16(3)9-10-19(23)24)6-4-7-15(2)13-18(22)17(21)8-5-11-20/h4,6-7,9-10,12-13,17-18,20-22H,5,8,11H2,1-3H3,(H,23,24). The van der Waals surface area contributed by atoms with Gasteiger partial charge in [0.15, 0.2) is 0 Å². The maximum atomic E-state index is 10.4. The first-order valence-corrected chi connectivity index (χ1v) is 7.86. The molecular formula is C19H28O5. The first-order chi connectivity index (χ1) is 11.3. The Kier molecular flexibility index (Phi) is 11.5. The molecule has 2 unspecified atom stereocenters. The maximum absolute atomic E-state index is 10.4. The van der Waals surface area contributed by atoms with Crippen molar-refractivity contribution >= 4 is 5.97 Å². The van der Waals surface area contributed by atoms with Crippen molar-refractivity contribution in [3.05, 3.63) is 59.3 Å². The molecule has 0 aromatic carbocycles. The lowest BCUT2D eigenvalue weighted by Gasteiger charge is -2.14. The van der Waals surface area contributed by atoms with E-state index in [1.807, 2.05) is 45.1 Å². The SMILES string of the molecule is CC(=CC=CC(C)=CC(O)C(O)CCCO)C=C(C)C=CC(=O)O. The van der Waals surface area contributed by atoms with Crippen LogP contribution in [0, 0.1) is 0 Å². The van der Waals surface area contributed by atoms with Crippen LogP contribution in [0.25, 0.3) is 0 Å². The van der Waals surface area contributed by atoms with Crippen molar-refractivity contribution in [1.29, 1.82) is 0 Å². The molecule has 0 bridgehead atoms. The second-order valence-corrected chi connectivity index (χ2v) is 5.66. The summed E-state index contributed by atoms with van der Waals surface area (Å²) in [5.41, 5.74) is 2.59. The van der Waals surface area contributed by atoms with Crippen molar-refractivity contribution in [2.45, 2.75) is 45.8 Å². The zero-order valence-electron chi connectivity index (χ0n) is 14.5. The lowest BCUT2D eigenvalue weighted by molar-refractivity contribution is -0.131. The molecule has 0 heterocycles. The number of aliphatic hydroxyl groups is 3. The summed E-state index contributed by atoms with van der Waals surface area (Å²) in [6.45, 7) is 5.52. The normalized spacial score (nSPS) is 16.8. The average Bonchev–Trinajstić information content (AvgIpc) is 2.50.